The summed E-state index contributed by atoms with van der Waals surface area (Å²) in [5, 5.41) is 19.6. The molecule has 0 spiro atoms. The van der Waals surface area contributed by atoms with Gasteiger partial charge in [0.15, 0.2) is 11.9 Å². The Morgan fingerprint density at radius 1 is 1.45 bits per heavy atom. The Hall–Kier alpha value is -1.40. The van der Waals surface area contributed by atoms with Crippen molar-refractivity contribution in [3.8, 4) is 0 Å². The van der Waals surface area contributed by atoms with Crippen LogP contribution in [-0.2, 0) is 23.4 Å². The van der Waals surface area contributed by atoms with Crippen LogP contribution in [-0.4, -0.2) is 80.2 Å². The lowest BCUT2D eigenvalue weighted by Gasteiger charge is -2.25. The highest BCUT2D eigenvalue weighted by atomic mass is 31.2. The molecule has 2 rings (SSSR count). The molecule has 124 valence electrons. The molecule has 2 aliphatic rings. The smallest absolute Gasteiger partial charge is 0.387 e. The molecule has 0 aromatic rings. The number of carbonyl (C=O) groups excluding carboxylic acids is 2. The quantitative estimate of drug-likeness (QED) is 0.313. The molecule has 2 heterocycles. The average Bonchev–Trinajstić information content (AvgIpc) is 2.90. The summed E-state index contributed by atoms with van der Waals surface area (Å²) in [6.45, 7) is -1.01. The minimum absolute atomic E-state index is 0.308. The predicted molar refractivity (Wildman–Crippen MR) is 67.0 cm³/mol. The highest BCUT2D eigenvalue weighted by molar-refractivity contribution is 7.46. The Morgan fingerprint density at radius 2 is 2.09 bits per heavy atom. The Balaban J connectivity index is 2.04. The number of aliphatic hydroxyl groups is 2. The second kappa shape index (κ2) is 6.01. The molecule has 2 amide bonds. The number of nitrogens with zero attached hydrogens (tertiary/aromatic N) is 2. The molecule has 0 aliphatic carbocycles. The second-order valence-corrected chi connectivity index (χ2v) is 5.86. The number of nitrogens with two attached hydrogens (primary N) is 1. The van der Waals surface area contributed by atoms with Gasteiger partial charge in [0.1, 0.15) is 25.0 Å². The van der Waals surface area contributed by atoms with Crippen LogP contribution in [0.5, 0.6) is 0 Å². The Bertz CT molecular complexity index is 561. The fourth-order valence-electron chi connectivity index (χ4n) is 2.09. The standard InChI is InChI=1S/C9H14N3O9P/c10-7(15)4-8(16)12(2-11-4)9-6(14)5(13)3(21-9)1-20-22(17,18)19/h3,5-6,9,13-14H,1-2H2,(H2,10,15)(H2,17,18,19)/t3-,5-,6-,9-/m1/s1. The van der Waals surface area contributed by atoms with Gasteiger partial charge in [-0.3, -0.25) is 24.0 Å². The van der Waals surface area contributed by atoms with Gasteiger partial charge >= 0.3 is 7.82 Å². The lowest BCUT2D eigenvalue weighted by molar-refractivity contribution is -0.143. The Kier molecular flexibility index (Phi) is 4.63. The fourth-order valence-corrected chi connectivity index (χ4v) is 2.43. The Morgan fingerprint density at radius 3 is 2.59 bits per heavy atom. The van der Waals surface area contributed by atoms with Crippen LogP contribution in [0, 0.1) is 0 Å². The van der Waals surface area contributed by atoms with Crippen molar-refractivity contribution in [2.24, 2.45) is 10.7 Å². The van der Waals surface area contributed by atoms with Crippen molar-refractivity contribution in [1.29, 1.82) is 0 Å². The van der Waals surface area contributed by atoms with E-state index in [0.29, 0.717) is 0 Å². The molecule has 1 fully saturated rings. The van der Waals surface area contributed by atoms with E-state index >= 15 is 0 Å². The van der Waals surface area contributed by atoms with Crippen LogP contribution in [0.4, 0.5) is 0 Å². The third kappa shape index (κ3) is 3.33. The fraction of sp³-hybridized carbons (Fsp3) is 0.667. The molecule has 22 heavy (non-hydrogen) atoms. The van der Waals surface area contributed by atoms with Crippen molar-refractivity contribution in [2.75, 3.05) is 13.3 Å². The number of hydrogen-bond donors (Lipinski definition) is 5. The largest absolute Gasteiger partial charge is 0.469 e. The van der Waals surface area contributed by atoms with E-state index in [-0.39, 0.29) is 6.67 Å². The second-order valence-electron chi connectivity index (χ2n) is 4.62. The summed E-state index contributed by atoms with van der Waals surface area (Å²) in [6.07, 6.45) is -5.76. The van der Waals surface area contributed by atoms with E-state index in [4.69, 9.17) is 20.3 Å². The third-order valence-electron chi connectivity index (χ3n) is 3.13. The van der Waals surface area contributed by atoms with Crippen LogP contribution in [0.3, 0.4) is 0 Å². The van der Waals surface area contributed by atoms with Crippen LogP contribution >= 0.6 is 7.82 Å². The van der Waals surface area contributed by atoms with Crippen molar-refractivity contribution in [2.45, 2.75) is 24.5 Å². The Labute approximate surface area is 123 Å². The molecule has 0 aromatic heterocycles. The maximum Gasteiger partial charge on any atom is 0.469 e. The molecule has 0 aromatic carbocycles. The van der Waals surface area contributed by atoms with Gasteiger partial charge in [0.2, 0.25) is 0 Å². The molecule has 0 radical (unpaired) electrons. The number of aliphatic imine (C=N–C) groups is 1. The SMILES string of the molecule is NC(=O)C1=NCN([C@@H]2O[C@H](COP(=O)(O)O)[C@@H](O)[C@H]2O)C1=O. The summed E-state index contributed by atoms with van der Waals surface area (Å²) < 4.78 is 20.0. The molecular formula is C9H14N3O9P. The molecule has 0 unspecified atom stereocenters. The number of hydrogen-bond acceptors (Lipinski definition) is 8. The van der Waals surface area contributed by atoms with Crippen molar-refractivity contribution in [1.82, 2.24) is 4.90 Å². The van der Waals surface area contributed by atoms with Gasteiger partial charge in [-0.2, -0.15) is 0 Å². The van der Waals surface area contributed by atoms with E-state index in [1.807, 2.05) is 0 Å². The molecule has 0 bridgehead atoms. The van der Waals surface area contributed by atoms with Gasteiger partial charge < -0.3 is 30.5 Å². The van der Waals surface area contributed by atoms with Crippen molar-refractivity contribution in [3.63, 3.8) is 0 Å². The van der Waals surface area contributed by atoms with Crippen LogP contribution in [0.2, 0.25) is 0 Å². The summed E-state index contributed by atoms with van der Waals surface area (Å²) >= 11 is 0. The molecule has 0 saturated carbocycles. The first-order chi connectivity index (χ1) is 10.1. The summed E-state index contributed by atoms with van der Waals surface area (Å²) in [4.78, 5) is 44.5. The summed E-state index contributed by atoms with van der Waals surface area (Å²) in [7, 11) is -4.78. The van der Waals surface area contributed by atoms with E-state index < -0.39 is 56.5 Å². The minimum Gasteiger partial charge on any atom is -0.387 e. The first kappa shape index (κ1) is 17.0. The predicted octanol–water partition coefficient (Wildman–Crippen LogP) is -3.73. The number of amides is 2. The van der Waals surface area contributed by atoms with Gasteiger partial charge in [0.05, 0.1) is 6.61 Å². The highest BCUT2D eigenvalue weighted by Crippen LogP contribution is 2.37. The van der Waals surface area contributed by atoms with Crippen molar-refractivity contribution < 1.29 is 43.4 Å². The summed E-state index contributed by atoms with van der Waals surface area (Å²) in [6, 6.07) is 0. The van der Waals surface area contributed by atoms with Crippen LogP contribution < -0.4 is 5.73 Å². The molecule has 4 atom stereocenters. The zero-order valence-electron chi connectivity index (χ0n) is 11.0. The number of rotatable bonds is 5. The number of ether oxygens (including phenoxy) is 1. The van der Waals surface area contributed by atoms with Crippen LogP contribution in [0.25, 0.3) is 0 Å². The zero-order chi connectivity index (χ0) is 16.7. The molecular weight excluding hydrogens is 325 g/mol. The number of primary amides is 1. The van der Waals surface area contributed by atoms with Gasteiger partial charge in [0, 0.05) is 0 Å². The number of aliphatic hydroxyl groups excluding tert-OH is 2. The van der Waals surface area contributed by atoms with Gasteiger partial charge in [-0.25, -0.2) is 4.57 Å². The van der Waals surface area contributed by atoms with Gasteiger partial charge in [-0.1, -0.05) is 0 Å². The van der Waals surface area contributed by atoms with Gasteiger partial charge in [-0.15, -0.1) is 0 Å². The summed E-state index contributed by atoms with van der Waals surface area (Å²) in [5.41, 5.74) is 4.44. The maximum absolute atomic E-state index is 11.9. The van der Waals surface area contributed by atoms with Gasteiger partial charge in [0.25, 0.3) is 11.8 Å². The first-order valence-electron chi connectivity index (χ1n) is 5.98. The van der Waals surface area contributed by atoms with Crippen LogP contribution in [0.15, 0.2) is 4.99 Å². The first-order valence-corrected chi connectivity index (χ1v) is 7.51. The van der Waals surface area contributed by atoms with Crippen LogP contribution in [0.1, 0.15) is 0 Å². The topological polar surface area (TPSA) is 192 Å². The number of carbonyl (C=O) groups is 2. The lowest BCUT2D eigenvalue weighted by atomic mass is 10.1. The van der Waals surface area contributed by atoms with E-state index in [1.54, 1.807) is 0 Å². The molecule has 2 aliphatic heterocycles. The van der Waals surface area contributed by atoms with E-state index in [9.17, 15) is 24.4 Å². The maximum atomic E-state index is 11.9. The normalized spacial score (nSPS) is 32.5. The lowest BCUT2D eigenvalue weighted by Crippen LogP contribution is -2.48. The molecule has 6 N–H and O–H groups in total. The number of phosphoric ester groups is 1. The number of phosphoric acid groups is 1. The molecule has 12 nitrogen and oxygen atoms in total. The van der Waals surface area contributed by atoms with Crippen molar-refractivity contribution >= 4 is 25.3 Å². The van der Waals surface area contributed by atoms with Crippen molar-refractivity contribution in [3.05, 3.63) is 0 Å². The average molecular weight is 339 g/mol. The van der Waals surface area contributed by atoms with E-state index in [2.05, 4.69) is 9.52 Å². The third-order valence-corrected chi connectivity index (χ3v) is 3.61. The minimum atomic E-state index is -4.78. The monoisotopic (exact) mass is 339 g/mol. The zero-order valence-corrected chi connectivity index (χ0v) is 11.9. The molecule has 1 saturated heterocycles. The van der Waals surface area contributed by atoms with E-state index in [1.165, 1.54) is 0 Å². The van der Waals surface area contributed by atoms with E-state index in [0.717, 1.165) is 4.90 Å². The molecule has 13 heteroatoms. The summed E-state index contributed by atoms with van der Waals surface area (Å²) in [5.74, 6) is -1.91. The van der Waals surface area contributed by atoms with Gasteiger partial charge in [-0.05, 0) is 0 Å². The highest BCUT2D eigenvalue weighted by Gasteiger charge is 2.49.